The number of nitrogens with zero attached hydrogens (tertiary/aromatic N) is 1. The number of amides is 3. The number of hydrogen-bond donors (Lipinski definition) is 2. The second kappa shape index (κ2) is 4.32. The van der Waals surface area contributed by atoms with Gasteiger partial charge in [-0.2, -0.15) is 0 Å². The summed E-state index contributed by atoms with van der Waals surface area (Å²) in [6.07, 6.45) is 0. The lowest BCUT2D eigenvalue weighted by molar-refractivity contribution is -0.128. The lowest BCUT2D eigenvalue weighted by atomic mass is 10.2. The van der Waals surface area contributed by atoms with Crippen molar-refractivity contribution in [2.75, 3.05) is 6.61 Å². The zero-order valence-electron chi connectivity index (χ0n) is 8.59. The first-order valence-corrected chi connectivity index (χ1v) is 4.99. The molecule has 3 amide bonds. The topological polar surface area (TPSA) is 69.6 Å². The molecule has 0 spiro atoms. The Morgan fingerprint density at radius 3 is 2.50 bits per heavy atom. The van der Waals surface area contributed by atoms with Gasteiger partial charge in [0.15, 0.2) is 0 Å². The Labute approximate surface area is 92.7 Å². The van der Waals surface area contributed by atoms with Crippen LogP contribution < -0.4 is 5.32 Å². The second-order valence-electron chi connectivity index (χ2n) is 3.59. The number of rotatable bonds is 3. The van der Waals surface area contributed by atoms with Crippen LogP contribution in [0.1, 0.15) is 5.56 Å². The average molecular weight is 220 g/mol. The third-order valence-electron chi connectivity index (χ3n) is 2.47. The quantitative estimate of drug-likeness (QED) is 0.710. The van der Waals surface area contributed by atoms with Crippen LogP contribution in [0.25, 0.3) is 0 Å². The summed E-state index contributed by atoms with van der Waals surface area (Å²) in [4.78, 5) is 24.2. The van der Waals surface area contributed by atoms with Gasteiger partial charge in [0.1, 0.15) is 6.04 Å². The summed E-state index contributed by atoms with van der Waals surface area (Å²) in [6.45, 7) is -0.127. The summed E-state index contributed by atoms with van der Waals surface area (Å²) in [6, 6.07) is 7.99. The van der Waals surface area contributed by atoms with Crippen molar-refractivity contribution in [1.29, 1.82) is 0 Å². The van der Waals surface area contributed by atoms with Crippen LogP contribution in [-0.4, -0.2) is 34.6 Å². The number of carbonyl (C=O) groups excluding carboxylic acids is 2. The van der Waals surface area contributed by atoms with Crippen molar-refractivity contribution in [3.05, 3.63) is 35.9 Å². The summed E-state index contributed by atoms with van der Waals surface area (Å²) in [7, 11) is 0. The van der Waals surface area contributed by atoms with Crippen LogP contribution >= 0.6 is 0 Å². The molecule has 0 bridgehead atoms. The standard InChI is InChI=1S/C11H12N2O3/c14-7-9-10(15)13(11(16)12-9)6-8-4-2-1-3-5-8/h1-5,9,14H,6-7H2,(H,12,16). The molecule has 16 heavy (non-hydrogen) atoms. The molecule has 0 saturated carbocycles. The van der Waals surface area contributed by atoms with E-state index in [-0.39, 0.29) is 19.1 Å². The normalized spacial score (nSPS) is 20.1. The number of urea groups is 1. The average Bonchev–Trinajstić information content (AvgIpc) is 2.58. The molecule has 84 valence electrons. The van der Waals surface area contributed by atoms with Gasteiger partial charge in [-0.3, -0.25) is 9.69 Å². The first kappa shape index (κ1) is 10.6. The van der Waals surface area contributed by atoms with E-state index < -0.39 is 12.1 Å². The molecule has 0 aromatic heterocycles. The van der Waals surface area contributed by atoms with Gasteiger partial charge in [-0.1, -0.05) is 30.3 Å². The minimum absolute atomic E-state index is 0.238. The van der Waals surface area contributed by atoms with Crippen molar-refractivity contribution < 1.29 is 14.7 Å². The minimum atomic E-state index is -0.795. The third kappa shape index (κ3) is 1.90. The second-order valence-corrected chi connectivity index (χ2v) is 3.59. The molecule has 1 aliphatic heterocycles. The maximum absolute atomic E-state index is 11.6. The van der Waals surface area contributed by atoms with Crippen molar-refractivity contribution in [2.45, 2.75) is 12.6 Å². The van der Waals surface area contributed by atoms with Gasteiger partial charge in [0.05, 0.1) is 13.2 Å². The van der Waals surface area contributed by atoms with Gasteiger partial charge < -0.3 is 10.4 Å². The number of aliphatic hydroxyl groups excluding tert-OH is 1. The Bertz CT molecular complexity index is 405. The van der Waals surface area contributed by atoms with Gasteiger partial charge in [0, 0.05) is 0 Å². The van der Waals surface area contributed by atoms with Crippen molar-refractivity contribution in [3.63, 3.8) is 0 Å². The van der Waals surface area contributed by atoms with E-state index >= 15 is 0 Å². The highest BCUT2D eigenvalue weighted by molar-refractivity contribution is 6.04. The lowest BCUT2D eigenvalue weighted by Crippen LogP contribution is -2.33. The summed E-state index contributed by atoms with van der Waals surface area (Å²) < 4.78 is 0. The molecular weight excluding hydrogens is 208 g/mol. The number of imide groups is 1. The molecule has 5 heteroatoms. The third-order valence-corrected chi connectivity index (χ3v) is 2.47. The molecule has 1 saturated heterocycles. The molecule has 1 aromatic carbocycles. The van der Waals surface area contributed by atoms with Gasteiger partial charge in [-0.05, 0) is 5.56 Å². The van der Waals surface area contributed by atoms with Crippen LogP contribution in [-0.2, 0) is 11.3 Å². The fourth-order valence-corrected chi connectivity index (χ4v) is 1.62. The van der Waals surface area contributed by atoms with Crippen molar-refractivity contribution in [3.8, 4) is 0 Å². The smallest absolute Gasteiger partial charge is 0.325 e. The number of carbonyl (C=O) groups is 2. The zero-order valence-corrected chi connectivity index (χ0v) is 8.59. The summed E-state index contributed by atoms with van der Waals surface area (Å²) >= 11 is 0. The number of hydrogen-bond acceptors (Lipinski definition) is 3. The summed E-state index contributed by atoms with van der Waals surface area (Å²) in [5.74, 6) is -0.378. The molecule has 1 heterocycles. The van der Waals surface area contributed by atoms with Crippen molar-refractivity contribution in [1.82, 2.24) is 10.2 Å². The highest BCUT2D eigenvalue weighted by Gasteiger charge is 2.37. The van der Waals surface area contributed by atoms with Gasteiger partial charge in [0.2, 0.25) is 0 Å². The first-order chi connectivity index (χ1) is 7.72. The van der Waals surface area contributed by atoms with Crippen LogP contribution in [0, 0.1) is 0 Å². The summed E-state index contributed by atoms with van der Waals surface area (Å²) in [5.41, 5.74) is 0.879. The predicted molar refractivity (Wildman–Crippen MR) is 56.4 cm³/mol. The SMILES string of the molecule is O=C1NC(CO)C(=O)N1Cc1ccccc1. The zero-order chi connectivity index (χ0) is 11.5. The van der Waals surface area contributed by atoms with Crippen LogP contribution in [0.4, 0.5) is 4.79 Å². The van der Waals surface area contributed by atoms with Crippen LogP contribution in [0.5, 0.6) is 0 Å². The number of aliphatic hydroxyl groups is 1. The Kier molecular flexibility index (Phi) is 2.87. The molecule has 2 rings (SSSR count). The van der Waals surface area contributed by atoms with E-state index in [0.29, 0.717) is 0 Å². The molecule has 0 radical (unpaired) electrons. The number of nitrogens with one attached hydrogen (secondary N) is 1. The van der Waals surface area contributed by atoms with Gasteiger partial charge >= 0.3 is 6.03 Å². The van der Waals surface area contributed by atoms with Gasteiger partial charge in [-0.15, -0.1) is 0 Å². The van der Waals surface area contributed by atoms with E-state index in [1.54, 1.807) is 0 Å². The van der Waals surface area contributed by atoms with E-state index in [9.17, 15) is 9.59 Å². The highest BCUT2D eigenvalue weighted by atomic mass is 16.3. The molecule has 1 unspecified atom stereocenters. The predicted octanol–water partition coefficient (Wildman–Crippen LogP) is 0.0993. The summed E-state index contributed by atoms with van der Waals surface area (Å²) in [5, 5.41) is 11.3. The Morgan fingerprint density at radius 1 is 1.25 bits per heavy atom. The van der Waals surface area contributed by atoms with E-state index in [1.807, 2.05) is 30.3 Å². The highest BCUT2D eigenvalue weighted by Crippen LogP contribution is 2.11. The Hall–Kier alpha value is -1.88. The van der Waals surface area contributed by atoms with E-state index in [1.165, 1.54) is 0 Å². The van der Waals surface area contributed by atoms with E-state index in [4.69, 9.17) is 5.11 Å². The Balaban J connectivity index is 2.11. The molecule has 1 aliphatic rings. The van der Waals surface area contributed by atoms with Crippen molar-refractivity contribution >= 4 is 11.9 Å². The molecular formula is C11H12N2O3. The van der Waals surface area contributed by atoms with E-state index in [0.717, 1.165) is 10.5 Å². The molecule has 1 atom stereocenters. The fourth-order valence-electron chi connectivity index (χ4n) is 1.62. The lowest BCUT2D eigenvalue weighted by Gasteiger charge is -2.12. The van der Waals surface area contributed by atoms with Crippen LogP contribution in [0.15, 0.2) is 30.3 Å². The molecule has 1 fully saturated rings. The van der Waals surface area contributed by atoms with Crippen LogP contribution in [0.2, 0.25) is 0 Å². The largest absolute Gasteiger partial charge is 0.394 e. The minimum Gasteiger partial charge on any atom is -0.394 e. The van der Waals surface area contributed by atoms with E-state index in [2.05, 4.69) is 5.32 Å². The molecule has 1 aromatic rings. The first-order valence-electron chi connectivity index (χ1n) is 4.99. The monoisotopic (exact) mass is 220 g/mol. The molecule has 2 N–H and O–H groups in total. The fraction of sp³-hybridized carbons (Fsp3) is 0.273. The van der Waals surface area contributed by atoms with Crippen molar-refractivity contribution in [2.24, 2.45) is 0 Å². The van der Waals surface area contributed by atoms with Crippen LogP contribution in [0.3, 0.4) is 0 Å². The Morgan fingerprint density at radius 2 is 1.94 bits per heavy atom. The number of benzene rings is 1. The van der Waals surface area contributed by atoms with Gasteiger partial charge in [-0.25, -0.2) is 4.79 Å². The molecule has 5 nitrogen and oxygen atoms in total. The maximum atomic E-state index is 11.6. The molecule has 0 aliphatic carbocycles. The maximum Gasteiger partial charge on any atom is 0.325 e. The van der Waals surface area contributed by atoms with Gasteiger partial charge in [0.25, 0.3) is 5.91 Å².